The second kappa shape index (κ2) is 19.4. The molecule has 0 aliphatic heterocycles. The summed E-state index contributed by atoms with van der Waals surface area (Å²) in [6.45, 7) is 16.6. The summed E-state index contributed by atoms with van der Waals surface area (Å²) in [4.78, 5) is 16.8. The monoisotopic (exact) mass is 898 g/mol. The first-order valence-electron chi connectivity index (χ1n) is 19.9. The number of hydrogen-bond acceptors (Lipinski definition) is 8. The van der Waals surface area contributed by atoms with Gasteiger partial charge in [-0.1, -0.05) is 39.3 Å². The summed E-state index contributed by atoms with van der Waals surface area (Å²) in [5.74, 6) is 0.628. The van der Waals surface area contributed by atoms with E-state index >= 15 is 0 Å². The molecule has 4 heterocycles. The third-order valence-electron chi connectivity index (χ3n) is 9.70. The molecule has 62 heavy (non-hydrogen) atoms. The first-order valence-corrected chi connectivity index (χ1v) is 27.3. The van der Waals surface area contributed by atoms with E-state index in [0.717, 1.165) is 27.8 Å². The van der Waals surface area contributed by atoms with Gasteiger partial charge in [0.05, 0.1) is 17.1 Å². The third-order valence-corrected chi connectivity index (χ3v) is 13.1. The van der Waals surface area contributed by atoms with Crippen molar-refractivity contribution in [3.05, 3.63) is 108 Å². The summed E-state index contributed by atoms with van der Waals surface area (Å²) in [6, 6.07) is 21.7. The fourth-order valence-corrected chi connectivity index (χ4v) is 7.70. The Labute approximate surface area is 359 Å². The molecular weight excluding hydrogens is 847 g/mol. The van der Waals surface area contributed by atoms with Gasteiger partial charge in [-0.2, -0.15) is 26.3 Å². The molecule has 0 saturated carbocycles. The fourth-order valence-electron chi connectivity index (χ4n) is 6.18. The third kappa shape index (κ3) is 12.9. The summed E-state index contributed by atoms with van der Waals surface area (Å²) >= 11 is 0. The first kappa shape index (κ1) is 47.7. The highest BCUT2D eigenvalue weighted by Crippen LogP contribution is 2.37. The zero-order valence-electron chi connectivity index (χ0n) is 36.0. The largest absolute Gasteiger partial charge is 0.508 e. The number of benzene rings is 2. The van der Waals surface area contributed by atoms with Crippen molar-refractivity contribution in [1.29, 1.82) is 0 Å². The van der Waals surface area contributed by atoms with E-state index in [1.807, 2.05) is 0 Å². The number of phenols is 2. The van der Waals surface area contributed by atoms with Crippen molar-refractivity contribution in [3.8, 4) is 56.8 Å². The molecule has 0 amide bonds. The van der Waals surface area contributed by atoms with Gasteiger partial charge in [0, 0.05) is 69.7 Å². The number of alkyl halides is 6. The molecule has 6 rings (SSSR count). The van der Waals surface area contributed by atoms with Crippen molar-refractivity contribution in [2.45, 2.75) is 91.0 Å². The second-order valence-corrected chi connectivity index (χ2v) is 28.5. The predicted molar refractivity (Wildman–Crippen MR) is 233 cm³/mol. The number of pyridine rings is 2. The normalized spacial score (nSPS) is 12.4. The molecule has 332 valence electrons. The molecule has 0 atom stereocenters. The van der Waals surface area contributed by atoms with Gasteiger partial charge in [0.1, 0.15) is 42.3 Å². The number of rotatable bonds is 14. The average molecular weight is 899 g/mol. The van der Waals surface area contributed by atoms with Crippen molar-refractivity contribution in [2.24, 2.45) is 0 Å². The number of aromatic nitrogens is 6. The molecule has 18 heteroatoms. The molecule has 2 N–H and O–H groups in total. The molecule has 0 unspecified atom stereocenters. The molecule has 4 aromatic heterocycles. The maximum absolute atomic E-state index is 13.7. The lowest BCUT2D eigenvalue weighted by Gasteiger charge is -2.18. The van der Waals surface area contributed by atoms with E-state index in [-0.39, 0.29) is 48.0 Å². The Hall–Kier alpha value is -5.31. The van der Waals surface area contributed by atoms with Crippen LogP contribution >= 0.6 is 0 Å². The van der Waals surface area contributed by atoms with E-state index in [1.165, 1.54) is 30.8 Å². The van der Waals surface area contributed by atoms with Gasteiger partial charge in [0.15, 0.2) is 5.69 Å². The van der Waals surface area contributed by atoms with Crippen LogP contribution in [0.2, 0.25) is 51.4 Å². The highest BCUT2D eigenvalue weighted by atomic mass is 28.3. The van der Waals surface area contributed by atoms with Crippen LogP contribution in [0.4, 0.5) is 26.3 Å². The smallest absolute Gasteiger partial charge is 0.435 e. The lowest BCUT2D eigenvalue weighted by Crippen LogP contribution is -2.23. The van der Waals surface area contributed by atoms with Crippen LogP contribution in [-0.2, 0) is 35.3 Å². The van der Waals surface area contributed by atoms with Gasteiger partial charge in [-0.15, -0.1) is 0 Å². The Morgan fingerprint density at radius 3 is 1.32 bits per heavy atom. The van der Waals surface area contributed by atoms with Crippen LogP contribution in [0, 0.1) is 13.8 Å². The standard InChI is InChI=1S/2C22H26F3N3O2Si/c1-15-20(22(23,24)25)27-21(28(15)14-30-11-12-31(2,3)4)17-7-10-19(26-13-17)16-5-8-18(29)9-6-16;1-15-20(22(23,24)25)28(14-30-11-12-31(2,3)4)21(27-15)17-7-10-19(26-13-17)16-5-8-18(29)9-6-16/h2*5-10,13,29H,11-12,14H2,1-4H3. The molecular formula is C44H52F6N6O4Si2. The van der Waals surface area contributed by atoms with E-state index in [1.54, 1.807) is 72.8 Å². The minimum Gasteiger partial charge on any atom is -0.508 e. The van der Waals surface area contributed by atoms with Crippen LogP contribution in [0.5, 0.6) is 11.5 Å². The van der Waals surface area contributed by atoms with Crippen LogP contribution in [0.1, 0.15) is 22.8 Å². The summed E-state index contributed by atoms with van der Waals surface area (Å²) in [7, 11) is -2.67. The molecule has 0 saturated heterocycles. The number of hydrogen-bond donors (Lipinski definition) is 2. The summed E-state index contributed by atoms with van der Waals surface area (Å²) < 4.78 is 95.4. The predicted octanol–water partition coefficient (Wildman–Crippen LogP) is 11.9. The highest BCUT2D eigenvalue weighted by Gasteiger charge is 2.39. The van der Waals surface area contributed by atoms with Gasteiger partial charge in [0.2, 0.25) is 0 Å². The van der Waals surface area contributed by atoms with Crippen molar-refractivity contribution in [1.82, 2.24) is 29.1 Å². The maximum Gasteiger partial charge on any atom is 0.435 e. The number of imidazole rings is 2. The van der Waals surface area contributed by atoms with Gasteiger partial charge in [0.25, 0.3) is 0 Å². The second-order valence-electron chi connectivity index (χ2n) is 17.2. The molecule has 0 aliphatic rings. The molecule has 10 nitrogen and oxygen atoms in total. The van der Waals surface area contributed by atoms with Crippen LogP contribution in [0.3, 0.4) is 0 Å². The summed E-state index contributed by atoms with van der Waals surface area (Å²) in [6.07, 6.45) is -6.09. The molecule has 0 radical (unpaired) electrons. The Kier molecular flexibility index (Phi) is 14.9. The van der Waals surface area contributed by atoms with E-state index in [4.69, 9.17) is 9.47 Å². The fraction of sp³-hybridized carbons (Fsp3) is 0.364. The highest BCUT2D eigenvalue weighted by molar-refractivity contribution is 6.76. The minimum absolute atomic E-state index is 0.00552. The number of aryl methyl sites for hydroxylation is 1. The van der Waals surface area contributed by atoms with E-state index in [2.05, 4.69) is 59.2 Å². The summed E-state index contributed by atoms with van der Waals surface area (Å²) in [5, 5.41) is 18.8. The van der Waals surface area contributed by atoms with Crippen molar-refractivity contribution in [3.63, 3.8) is 0 Å². The zero-order valence-corrected chi connectivity index (χ0v) is 38.0. The van der Waals surface area contributed by atoms with Crippen LogP contribution < -0.4 is 0 Å². The zero-order chi connectivity index (χ0) is 45.6. The quantitative estimate of drug-likeness (QED) is 0.0630. The Balaban J connectivity index is 0.000000234. The molecule has 0 aliphatic carbocycles. The lowest BCUT2D eigenvalue weighted by atomic mass is 10.1. The van der Waals surface area contributed by atoms with Gasteiger partial charge in [-0.3, -0.25) is 14.5 Å². The van der Waals surface area contributed by atoms with Crippen LogP contribution in [-0.4, -0.2) is 68.6 Å². The van der Waals surface area contributed by atoms with Gasteiger partial charge in [-0.25, -0.2) is 9.97 Å². The molecule has 0 fully saturated rings. The SMILES string of the molecule is Cc1c(C(F)(F)F)nc(-c2ccc(-c3ccc(O)cc3)nc2)n1COCC[Si](C)(C)C.Cc1nc(-c2ccc(-c3ccc(O)cc3)nc2)n(COCC[Si](C)(C)C)c1C(F)(F)F. The van der Waals surface area contributed by atoms with Crippen LogP contribution in [0.15, 0.2) is 85.2 Å². The minimum atomic E-state index is -4.55. The average Bonchev–Trinajstić information content (AvgIpc) is 3.71. The number of ether oxygens (including phenoxy) is 2. The Morgan fingerprint density at radius 2 is 0.952 bits per heavy atom. The number of phenolic OH excluding ortho intramolecular Hbond substituents is 2. The summed E-state index contributed by atoms with van der Waals surface area (Å²) in [5.41, 5.74) is 1.98. The van der Waals surface area contributed by atoms with Gasteiger partial charge < -0.3 is 24.3 Å². The Morgan fingerprint density at radius 1 is 0.548 bits per heavy atom. The topological polar surface area (TPSA) is 120 Å². The number of aromatic hydroxyl groups is 2. The number of halogens is 6. The van der Waals surface area contributed by atoms with Crippen molar-refractivity contribution >= 4 is 16.1 Å². The first-order chi connectivity index (χ1) is 28.9. The van der Waals surface area contributed by atoms with E-state index < -0.39 is 39.9 Å². The molecule has 0 bridgehead atoms. The van der Waals surface area contributed by atoms with E-state index in [0.29, 0.717) is 35.7 Å². The maximum atomic E-state index is 13.7. The lowest BCUT2D eigenvalue weighted by molar-refractivity contribution is -0.146. The van der Waals surface area contributed by atoms with Crippen molar-refractivity contribution in [2.75, 3.05) is 13.2 Å². The van der Waals surface area contributed by atoms with Crippen molar-refractivity contribution < 1.29 is 46.0 Å². The van der Waals surface area contributed by atoms with E-state index in [9.17, 15) is 36.6 Å². The van der Waals surface area contributed by atoms with Gasteiger partial charge >= 0.3 is 12.4 Å². The molecule has 2 aromatic carbocycles. The molecule has 0 spiro atoms. The van der Waals surface area contributed by atoms with Crippen LogP contribution in [0.25, 0.3) is 45.3 Å². The molecule has 6 aromatic rings. The Bertz CT molecular complexity index is 2300. The van der Waals surface area contributed by atoms with Gasteiger partial charge in [-0.05, 0) is 98.7 Å². The number of nitrogens with zero attached hydrogens (tertiary/aromatic N) is 6.